The lowest BCUT2D eigenvalue weighted by molar-refractivity contribution is 0.382. The summed E-state index contributed by atoms with van der Waals surface area (Å²) in [6.07, 6.45) is 0. The Morgan fingerprint density at radius 1 is 1.36 bits per heavy atom. The highest BCUT2D eigenvalue weighted by Crippen LogP contribution is 2.18. The Labute approximate surface area is 85.5 Å². The number of benzene rings is 1. The van der Waals surface area contributed by atoms with Crippen molar-refractivity contribution in [1.29, 1.82) is 0 Å². The van der Waals surface area contributed by atoms with Gasteiger partial charge in [-0.25, -0.2) is 4.39 Å². The maximum Gasteiger partial charge on any atom is 0.126 e. The van der Waals surface area contributed by atoms with Crippen LogP contribution in [0, 0.1) is 12.7 Å². The predicted octanol–water partition coefficient (Wildman–Crippen LogP) is 2.80. The second-order valence-corrected chi connectivity index (χ2v) is 4.17. The van der Waals surface area contributed by atoms with Gasteiger partial charge in [-0.05, 0) is 44.1 Å². The van der Waals surface area contributed by atoms with Gasteiger partial charge in [0.1, 0.15) is 5.82 Å². The Morgan fingerprint density at radius 2 is 2.00 bits per heavy atom. The SMILES string of the molecule is Cc1ccc(C(C)CN(C)C)cc1F. The van der Waals surface area contributed by atoms with Gasteiger partial charge in [-0.1, -0.05) is 19.1 Å². The Hall–Kier alpha value is -0.890. The predicted molar refractivity (Wildman–Crippen MR) is 58.1 cm³/mol. The van der Waals surface area contributed by atoms with Crippen molar-refractivity contribution in [1.82, 2.24) is 4.90 Å². The van der Waals surface area contributed by atoms with E-state index in [0.29, 0.717) is 11.5 Å². The summed E-state index contributed by atoms with van der Waals surface area (Å²) in [5.41, 5.74) is 1.78. The highest BCUT2D eigenvalue weighted by Gasteiger charge is 2.08. The third-order valence-electron chi connectivity index (χ3n) is 2.40. The fourth-order valence-electron chi connectivity index (χ4n) is 1.57. The monoisotopic (exact) mass is 195 g/mol. The van der Waals surface area contributed by atoms with E-state index >= 15 is 0 Å². The number of likely N-dealkylation sites (N-methyl/N-ethyl adjacent to an activating group) is 1. The molecule has 0 amide bonds. The van der Waals surface area contributed by atoms with Crippen LogP contribution in [-0.2, 0) is 0 Å². The normalized spacial score (nSPS) is 13.3. The van der Waals surface area contributed by atoms with Crippen molar-refractivity contribution in [2.24, 2.45) is 0 Å². The molecule has 0 bridgehead atoms. The summed E-state index contributed by atoms with van der Waals surface area (Å²) in [7, 11) is 4.06. The molecule has 0 saturated carbocycles. The Bertz CT molecular complexity index is 307. The molecular formula is C12H18FN. The second kappa shape index (κ2) is 4.56. The molecule has 0 radical (unpaired) electrons. The average molecular weight is 195 g/mol. The molecule has 0 fully saturated rings. The Morgan fingerprint density at radius 3 is 2.50 bits per heavy atom. The van der Waals surface area contributed by atoms with Crippen molar-refractivity contribution in [2.45, 2.75) is 19.8 Å². The maximum atomic E-state index is 13.3. The summed E-state index contributed by atoms with van der Waals surface area (Å²) >= 11 is 0. The minimum absolute atomic E-state index is 0.104. The molecule has 1 rings (SSSR count). The van der Waals surface area contributed by atoms with Crippen LogP contribution < -0.4 is 0 Å². The second-order valence-electron chi connectivity index (χ2n) is 4.17. The highest BCUT2D eigenvalue weighted by atomic mass is 19.1. The Balaban J connectivity index is 2.80. The van der Waals surface area contributed by atoms with E-state index in [-0.39, 0.29) is 5.82 Å². The van der Waals surface area contributed by atoms with Gasteiger partial charge in [0.2, 0.25) is 0 Å². The van der Waals surface area contributed by atoms with Crippen molar-refractivity contribution in [3.8, 4) is 0 Å². The molecule has 0 aliphatic heterocycles. The van der Waals surface area contributed by atoms with Crippen LogP contribution >= 0.6 is 0 Å². The summed E-state index contributed by atoms with van der Waals surface area (Å²) in [6, 6.07) is 5.49. The third kappa shape index (κ3) is 2.81. The van der Waals surface area contributed by atoms with Gasteiger partial charge < -0.3 is 4.90 Å². The molecule has 1 atom stereocenters. The molecule has 0 saturated heterocycles. The zero-order valence-corrected chi connectivity index (χ0v) is 9.34. The largest absolute Gasteiger partial charge is 0.309 e. The number of halogens is 1. The molecule has 0 aromatic heterocycles. The lowest BCUT2D eigenvalue weighted by Gasteiger charge is -2.17. The fraction of sp³-hybridized carbons (Fsp3) is 0.500. The van der Waals surface area contributed by atoms with E-state index < -0.39 is 0 Å². The maximum absolute atomic E-state index is 13.3. The molecule has 0 aliphatic carbocycles. The van der Waals surface area contributed by atoms with E-state index in [2.05, 4.69) is 11.8 Å². The molecule has 0 N–H and O–H groups in total. The van der Waals surface area contributed by atoms with Crippen molar-refractivity contribution in [3.05, 3.63) is 35.1 Å². The molecule has 1 aromatic rings. The first-order valence-corrected chi connectivity index (χ1v) is 4.91. The first kappa shape index (κ1) is 11.2. The molecule has 1 aromatic carbocycles. The summed E-state index contributed by atoms with van der Waals surface area (Å²) in [5.74, 6) is 0.271. The number of nitrogens with zero attached hydrogens (tertiary/aromatic N) is 1. The topological polar surface area (TPSA) is 3.24 Å². The summed E-state index contributed by atoms with van der Waals surface area (Å²) in [6.45, 7) is 4.85. The summed E-state index contributed by atoms with van der Waals surface area (Å²) in [4.78, 5) is 2.11. The zero-order valence-electron chi connectivity index (χ0n) is 9.34. The van der Waals surface area contributed by atoms with Crippen LogP contribution in [0.5, 0.6) is 0 Å². The van der Waals surface area contributed by atoms with E-state index in [0.717, 1.165) is 12.1 Å². The lowest BCUT2D eigenvalue weighted by Crippen LogP contribution is -2.18. The van der Waals surface area contributed by atoms with E-state index in [1.54, 1.807) is 13.0 Å². The smallest absolute Gasteiger partial charge is 0.126 e. The summed E-state index contributed by atoms with van der Waals surface area (Å²) < 4.78 is 13.3. The molecule has 14 heavy (non-hydrogen) atoms. The number of hydrogen-bond donors (Lipinski definition) is 0. The quantitative estimate of drug-likeness (QED) is 0.717. The zero-order chi connectivity index (χ0) is 10.7. The van der Waals surface area contributed by atoms with Gasteiger partial charge in [-0.15, -0.1) is 0 Å². The lowest BCUT2D eigenvalue weighted by atomic mass is 9.99. The molecule has 0 aliphatic rings. The van der Waals surface area contributed by atoms with Crippen LogP contribution in [0.3, 0.4) is 0 Å². The van der Waals surface area contributed by atoms with Crippen LogP contribution in [0.2, 0.25) is 0 Å². The number of hydrogen-bond acceptors (Lipinski definition) is 1. The molecular weight excluding hydrogens is 177 g/mol. The first-order valence-electron chi connectivity index (χ1n) is 4.91. The summed E-state index contributed by atoms with van der Waals surface area (Å²) in [5, 5.41) is 0. The van der Waals surface area contributed by atoms with Gasteiger partial charge in [-0.2, -0.15) is 0 Å². The van der Waals surface area contributed by atoms with Gasteiger partial charge in [-0.3, -0.25) is 0 Å². The van der Waals surface area contributed by atoms with E-state index in [4.69, 9.17) is 0 Å². The van der Waals surface area contributed by atoms with Gasteiger partial charge >= 0.3 is 0 Å². The van der Waals surface area contributed by atoms with Crippen molar-refractivity contribution < 1.29 is 4.39 Å². The van der Waals surface area contributed by atoms with Crippen LogP contribution in [0.15, 0.2) is 18.2 Å². The van der Waals surface area contributed by atoms with Crippen molar-refractivity contribution in [3.63, 3.8) is 0 Å². The Kier molecular flexibility index (Phi) is 3.64. The van der Waals surface area contributed by atoms with Crippen LogP contribution in [0.1, 0.15) is 24.0 Å². The standard InChI is InChI=1S/C12H18FN/c1-9-5-6-11(7-12(9)13)10(2)8-14(3)4/h5-7,10H,8H2,1-4H3. The van der Waals surface area contributed by atoms with Crippen molar-refractivity contribution in [2.75, 3.05) is 20.6 Å². The molecule has 78 valence electrons. The van der Waals surface area contributed by atoms with E-state index in [1.165, 1.54) is 0 Å². The van der Waals surface area contributed by atoms with E-state index in [9.17, 15) is 4.39 Å². The van der Waals surface area contributed by atoms with Gasteiger partial charge in [0.15, 0.2) is 0 Å². The number of aryl methyl sites for hydroxylation is 1. The van der Waals surface area contributed by atoms with Crippen LogP contribution in [-0.4, -0.2) is 25.5 Å². The molecule has 2 heteroatoms. The minimum atomic E-state index is -0.104. The number of rotatable bonds is 3. The van der Waals surface area contributed by atoms with Gasteiger partial charge in [0.05, 0.1) is 0 Å². The minimum Gasteiger partial charge on any atom is -0.309 e. The molecule has 0 spiro atoms. The molecule has 1 nitrogen and oxygen atoms in total. The average Bonchev–Trinajstić information content (AvgIpc) is 2.08. The molecule has 0 heterocycles. The fourth-order valence-corrected chi connectivity index (χ4v) is 1.57. The van der Waals surface area contributed by atoms with Crippen LogP contribution in [0.4, 0.5) is 4.39 Å². The van der Waals surface area contributed by atoms with E-state index in [1.807, 2.05) is 26.2 Å². The highest BCUT2D eigenvalue weighted by molar-refractivity contribution is 5.25. The van der Waals surface area contributed by atoms with Crippen molar-refractivity contribution >= 4 is 0 Å². The first-order chi connectivity index (χ1) is 6.50. The van der Waals surface area contributed by atoms with Gasteiger partial charge in [0.25, 0.3) is 0 Å². The van der Waals surface area contributed by atoms with Gasteiger partial charge in [0, 0.05) is 6.54 Å². The molecule has 1 unspecified atom stereocenters. The third-order valence-corrected chi connectivity index (χ3v) is 2.40. The van der Waals surface area contributed by atoms with Crippen LogP contribution in [0.25, 0.3) is 0 Å².